The van der Waals surface area contributed by atoms with Crippen molar-refractivity contribution in [2.45, 2.75) is 0 Å². The minimum atomic E-state index is -1.11. The molecule has 0 aliphatic rings. The standard InChI is InChI=1S/C17H12F2N2O2/c1-23-14-7-5-13(6-8-14)21-17(22)12(10-20)9-11-3-2-4-15(18)16(11)19/h2-9H,1H3,(H,21,22). The molecular weight excluding hydrogens is 302 g/mol. The molecule has 0 aliphatic carbocycles. The van der Waals surface area contributed by atoms with Crippen molar-refractivity contribution in [1.29, 1.82) is 5.26 Å². The first-order valence-corrected chi connectivity index (χ1v) is 6.56. The van der Waals surface area contributed by atoms with Crippen molar-refractivity contribution in [3.8, 4) is 11.8 Å². The van der Waals surface area contributed by atoms with Gasteiger partial charge in [-0.1, -0.05) is 12.1 Å². The molecule has 0 aliphatic heterocycles. The fraction of sp³-hybridized carbons (Fsp3) is 0.0588. The van der Waals surface area contributed by atoms with E-state index in [0.717, 1.165) is 12.1 Å². The molecule has 1 amide bonds. The molecule has 0 bridgehead atoms. The van der Waals surface area contributed by atoms with Crippen LogP contribution < -0.4 is 10.1 Å². The number of nitriles is 1. The highest BCUT2D eigenvalue weighted by atomic mass is 19.2. The van der Waals surface area contributed by atoms with Crippen molar-refractivity contribution in [2.24, 2.45) is 0 Å². The monoisotopic (exact) mass is 314 g/mol. The Morgan fingerprint density at radius 1 is 1.22 bits per heavy atom. The van der Waals surface area contributed by atoms with Gasteiger partial charge in [-0.05, 0) is 36.4 Å². The summed E-state index contributed by atoms with van der Waals surface area (Å²) in [5, 5.41) is 11.6. The maximum Gasteiger partial charge on any atom is 0.266 e. The van der Waals surface area contributed by atoms with E-state index in [1.807, 2.05) is 0 Å². The third kappa shape index (κ3) is 3.92. The molecule has 116 valence electrons. The predicted octanol–water partition coefficient (Wildman–Crippen LogP) is 3.52. The molecule has 0 unspecified atom stereocenters. The van der Waals surface area contributed by atoms with E-state index >= 15 is 0 Å². The summed E-state index contributed by atoms with van der Waals surface area (Å²) in [6.07, 6.45) is 0.997. The van der Waals surface area contributed by atoms with Gasteiger partial charge < -0.3 is 10.1 Å². The fourth-order valence-electron chi connectivity index (χ4n) is 1.81. The number of methoxy groups -OCH3 is 1. The lowest BCUT2D eigenvalue weighted by molar-refractivity contribution is -0.112. The number of hydrogen-bond donors (Lipinski definition) is 1. The van der Waals surface area contributed by atoms with Crippen LogP contribution in [-0.2, 0) is 4.79 Å². The van der Waals surface area contributed by atoms with Crippen molar-refractivity contribution in [2.75, 3.05) is 12.4 Å². The van der Waals surface area contributed by atoms with Gasteiger partial charge in [0, 0.05) is 11.3 Å². The molecule has 0 fully saturated rings. The van der Waals surface area contributed by atoms with Crippen LogP contribution in [0.25, 0.3) is 6.08 Å². The van der Waals surface area contributed by atoms with Crippen LogP contribution in [0, 0.1) is 23.0 Å². The molecule has 0 saturated heterocycles. The number of nitrogens with one attached hydrogen (secondary N) is 1. The summed E-state index contributed by atoms with van der Waals surface area (Å²) in [6, 6.07) is 11.7. The Kier molecular flexibility index (Phi) is 5.05. The van der Waals surface area contributed by atoms with Gasteiger partial charge in [-0.3, -0.25) is 4.79 Å². The van der Waals surface area contributed by atoms with Gasteiger partial charge in [0.05, 0.1) is 7.11 Å². The van der Waals surface area contributed by atoms with Crippen LogP contribution in [0.3, 0.4) is 0 Å². The van der Waals surface area contributed by atoms with Crippen molar-refractivity contribution in [3.05, 3.63) is 65.2 Å². The average molecular weight is 314 g/mol. The van der Waals surface area contributed by atoms with E-state index < -0.39 is 17.5 Å². The zero-order chi connectivity index (χ0) is 16.8. The second kappa shape index (κ2) is 7.18. The van der Waals surface area contributed by atoms with Gasteiger partial charge in [0.15, 0.2) is 11.6 Å². The molecule has 0 saturated carbocycles. The Bertz CT molecular complexity index is 793. The molecule has 23 heavy (non-hydrogen) atoms. The Hall–Kier alpha value is -3.20. The van der Waals surface area contributed by atoms with Gasteiger partial charge in [-0.15, -0.1) is 0 Å². The zero-order valence-electron chi connectivity index (χ0n) is 12.1. The number of halogens is 2. The molecule has 2 aromatic rings. The molecule has 2 aromatic carbocycles. The lowest BCUT2D eigenvalue weighted by Gasteiger charge is -2.06. The van der Waals surface area contributed by atoms with E-state index in [1.165, 1.54) is 19.2 Å². The average Bonchev–Trinajstić information content (AvgIpc) is 2.56. The normalized spacial score (nSPS) is 10.8. The molecule has 2 rings (SSSR count). The summed E-state index contributed by atoms with van der Waals surface area (Å²) in [6.45, 7) is 0. The molecule has 6 heteroatoms. The summed E-state index contributed by atoms with van der Waals surface area (Å²) < 4.78 is 31.7. The van der Waals surface area contributed by atoms with E-state index in [-0.39, 0.29) is 11.1 Å². The van der Waals surface area contributed by atoms with E-state index in [2.05, 4.69) is 5.32 Å². The van der Waals surface area contributed by atoms with Gasteiger partial charge in [0.25, 0.3) is 5.91 Å². The number of ether oxygens (including phenoxy) is 1. The van der Waals surface area contributed by atoms with Crippen molar-refractivity contribution >= 4 is 17.7 Å². The van der Waals surface area contributed by atoms with Gasteiger partial charge in [0.2, 0.25) is 0 Å². The number of amides is 1. The summed E-state index contributed by atoms with van der Waals surface area (Å²) >= 11 is 0. The first-order valence-electron chi connectivity index (χ1n) is 6.56. The quantitative estimate of drug-likeness (QED) is 0.694. The Balaban J connectivity index is 2.22. The number of carbonyl (C=O) groups is 1. The SMILES string of the molecule is COc1ccc(NC(=O)C(C#N)=Cc2cccc(F)c2F)cc1. The topological polar surface area (TPSA) is 62.1 Å². The molecule has 0 aromatic heterocycles. The molecule has 0 atom stereocenters. The highest BCUT2D eigenvalue weighted by Gasteiger charge is 2.12. The predicted molar refractivity (Wildman–Crippen MR) is 81.6 cm³/mol. The van der Waals surface area contributed by atoms with Crippen LogP contribution in [-0.4, -0.2) is 13.0 Å². The zero-order valence-corrected chi connectivity index (χ0v) is 12.1. The fourth-order valence-corrected chi connectivity index (χ4v) is 1.81. The van der Waals surface area contributed by atoms with Crippen molar-refractivity contribution in [1.82, 2.24) is 0 Å². The highest BCUT2D eigenvalue weighted by molar-refractivity contribution is 6.09. The minimum absolute atomic E-state index is 0.175. The number of nitrogens with zero attached hydrogens (tertiary/aromatic N) is 1. The summed E-state index contributed by atoms with van der Waals surface area (Å²) in [5.74, 6) is -2.27. The van der Waals surface area contributed by atoms with Gasteiger partial charge in [0.1, 0.15) is 17.4 Å². The highest BCUT2D eigenvalue weighted by Crippen LogP contribution is 2.18. The largest absolute Gasteiger partial charge is 0.497 e. The third-order valence-electron chi connectivity index (χ3n) is 2.99. The summed E-state index contributed by atoms with van der Waals surface area (Å²) in [5.41, 5.74) is -0.0755. The van der Waals surface area contributed by atoms with Crippen molar-refractivity contribution < 1.29 is 18.3 Å². The lowest BCUT2D eigenvalue weighted by Crippen LogP contribution is -2.13. The minimum Gasteiger partial charge on any atom is -0.497 e. The van der Waals surface area contributed by atoms with Crippen LogP contribution in [0.2, 0.25) is 0 Å². The smallest absolute Gasteiger partial charge is 0.266 e. The second-order valence-electron chi connectivity index (χ2n) is 4.50. The molecule has 0 heterocycles. The number of hydrogen-bond acceptors (Lipinski definition) is 3. The number of anilines is 1. The summed E-state index contributed by atoms with van der Waals surface area (Å²) in [4.78, 5) is 12.0. The van der Waals surface area contributed by atoms with Gasteiger partial charge >= 0.3 is 0 Å². The summed E-state index contributed by atoms with van der Waals surface area (Å²) in [7, 11) is 1.51. The Morgan fingerprint density at radius 2 is 1.91 bits per heavy atom. The molecule has 0 radical (unpaired) electrons. The Morgan fingerprint density at radius 3 is 2.52 bits per heavy atom. The second-order valence-corrected chi connectivity index (χ2v) is 4.50. The molecule has 4 nitrogen and oxygen atoms in total. The number of benzene rings is 2. The van der Waals surface area contributed by atoms with Crippen molar-refractivity contribution in [3.63, 3.8) is 0 Å². The van der Waals surface area contributed by atoms with E-state index in [1.54, 1.807) is 30.3 Å². The van der Waals surface area contributed by atoms with Crippen LogP contribution in [0.15, 0.2) is 48.0 Å². The first kappa shape index (κ1) is 16.2. The maximum absolute atomic E-state index is 13.6. The third-order valence-corrected chi connectivity index (χ3v) is 2.99. The Labute approximate surface area is 131 Å². The van der Waals surface area contributed by atoms with Crippen LogP contribution in [0.4, 0.5) is 14.5 Å². The maximum atomic E-state index is 13.6. The van der Waals surface area contributed by atoms with Crippen LogP contribution >= 0.6 is 0 Å². The lowest BCUT2D eigenvalue weighted by atomic mass is 10.1. The molecular formula is C17H12F2N2O2. The number of rotatable bonds is 4. The molecule has 0 spiro atoms. The van der Waals surface area contributed by atoms with E-state index in [9.17, 15) is 13.6 Å². The first-order chi connectivity index (χ1) is 11.0. The van der Waals surface area contributed by atoms with Crippen LogP contribution in [0.1, 0.15) is 5.56 Å². The van der Waals surface area contributed by atoms with E-state index in [0.29, 0.717) is 11.4 Å². The molecule has 1 N–H and O–H groups in total. The van der Waals surface area contributed by atoms with Gasteiger partial charge in [-0.2, -0.15) is 5.26 Å². The van der Waals surface area contributed by atoms with Crippen LogP contribution in [0.5, 0.6) is 5.75 Å². The van der Waals surface area contributed by atoms with E-state index in [4.69, 9.17) is 10.00 Å². The number of carbonyl (C=O) groups excluding carboxylic acids is 1. The van der Waals surface area contributed by atoms with Gasteiger partial charge in [-0.25, -0.2) is 8.78 Å².